The number of phenolic OH excluding ortho intramolecular Hbond substituents is 1. The summed E-state index contributed by atoms with van der Waals surface area (Å²) in [4.78, 5) is 16.9. The van der Waals surface area contributed by atoms with Crippen molar-refractivity contribution in [1.82, 2.24) is 5.32 Å². The van der Waals surface area contributed by atoms with Gasteiger partial charge in [-0.25, -0.2) is 4.99 Å². The molecule has 1 fully saturated rings. The van der Waals surface area contributed by atoms with Gasteiger partial charge < -0.3 is 10.4 Å². The van der Waals surface area contributed by atoms with E-state index < -0.39 is 0 Å². The monoisotopic (exact) mass is 388 g/mol. The molecule has 3 rings (SSSR count). The van der Waals surface area contributed by atoms with E-state index in [1.165, 1.54) is 11.8 Å². The van der Waals surface area contributed by atoms with Crippen LogP contribution in [0.4, 0.5) is 5.69 Å². The molecule has 0 bridgehead atoms. The summed E-state index contributed by atoms with van der Waals surface area (Å²) in [5.41, 5.74) is 2.31. The molecular formula is C17H13BrN2O2S. The van der Waals surface area contributed by atoms with Crippen LogP contribution < -0.4 is 5.32 Å². The number of rotatable bonds is 2. The van der Waals surface area contributed by atoms with Crippen molar-refractivity contribution in [2.75, 3.05) is 0 Å². The molecule has 0 unspecified atom stereocenters. The molecule has 1 heterocycles. The fourth-order valence-electron chi connectivity index (χ4n) is 2.07. The molecule has 0 radical (unpaired) electrons. The summed E-state index contributed by atoms with van der Waals surface area (Å²) in [7, 11) is 0. The zero-order chi connectivity index (χ0) is 16.4. The molecule has 1 aliphatic rings. The van der Waals surface area contributed by atoms with Gasteiger partial charge in [0.05, 0.1) is 4.91 Å². The molecule has 116 valence electrons. The number of phenols is 1. The number of benzene rings is 2. The van der Waals surface area contributed by atoms with Crippen LogP contribution in [0.5, 0.6) is 5.75 Å². The number of amides is 1. The van der Waals surface area contributed by atoms with Gasteiger partial charge in [-0.05, 0) is 60.2 Å². The number of aliphatic imine (C=N–C) groups is 1. The summed E-state index contributed by atoms with van der Waals surface area (Å²) in [6.07, 6.45) is 1.81. The Kier molecular flexibility index (Phi) is 4.54. The maximum Gasteiger partial charge on any atom is 0.264 e. The molecule has 0 atom stereocenters. The topological polar surface area (TPSA) is 61.7 Å². The minimum absolute atomic E-state index is 0.0942. The van der Waals surface area contributed by atoms with Crippen LogP contribution >= 0.6 is 27.7 Å². The average Bonchev–Trinajstić information content (AvgIpc) is 2.82. The number of aromatic hydroxyl groups is 1. The SMILES string of the molecule is Cc1ccc(N=C2NC(=O)/C(=C/c3cccc(Br)c3)S2)c(O)c1. The van der Waals surface area contributed by atoms with Crippen molar-refractivity contribution in [3.05, 3.63) is 63.0 Å². The van der Waals surface area contributed by atoms with Gasteiger partial charge in [0.15, 0.2) is 5.17 Å². The number of aryl methyl sites for hydroxylation is 1. The smallest absolute Gasteiger partial charge is 0.264 e. The molecule has 0 aromatic heterocycles. The van der Waals surface area contributed by atoms with E-state index in [4.69, 9.17) is 0 Å². The summed E-state index contributed by atoms with van der Waals surface area (Å²) < 4.78 is 0.953. The molecule has 2 aromatic carbocycles. The van der Waals surface area contributed by atoms with Crippen LogP contribution in [0.2, 0.25) is 0 Å². The van der Waals surface area contributed by atoms with E-state index in [0.717, 1.165) is 15.6 Å². The lowest BCUT2D eigenvalue weighted by atomic mass is 10.2. The number of hydrogen-bond acceptors (Lipinski definition) is 4. The Balaban J connectivity index is 1.86. The molecule has 2 N–H and O–H groups in total. The molecule has 23 heavy (non-hydrogen) atoms. The molecule has 4 nitrogen and oxygen atoms in total. The first-order valence-electron chi connectivity index (χ1n) is 6.86. The highest BCUT2D eigenvalue weighted by atomic mass is 79.9. The Morgan fingerprint density at radius 1 is 1.26 bits per heavy atom. The molecule has 1 amide bonds. The van der Waals surface area contributed by atoms with Crippen molar-refractivity contribution in [2.45, 2.75) is 6.92 Å². The summed E-state index contributed by atoms with van der Waals surface area (Å²) in [6.45, 7) is 1.89. The number of nitrogens with zero attached hydrogens (tertiary/aromatic N) is 1. The number of amidine groups is 1. The zero-order valence-corrected chi connectivity index (χ0v) is 14.6. The number of halogens is 1. The van der Waals surface area contributed by atoms with Crippen molar-refractivity contribution < 1.29 is 9.90 Å². The van der Waals surface area contributed by atoms with Crippen molar-refractivity contribution in [3.63, 3.8) is 0 Å². The van der Waals surface area contributed by atoms with Crippen molar-refractivity contribution in [2.24, 2.45) is 4.99 Å². The second-order valence-corrected chi connectivity index (χ2v) is 6.98. The zero-order valence-electron chi connectivity index (χ0n) is 12.2. The van der Waals surface area contributed by atoms with E-state index in [9.17, 15) is 9.90 Å². The fraction of sp³-hybridized carbons (Fsp3) is 0.0588. The predicted molar refractivity (Wildman–Crippen MR) is 97.8 cm³/mol. The third-order valence-electron chi connectivity index (χ3n) is 3.15. The van der Waals surface area contributed by atoms with Crippen LogP contribution in [-0.4, -0.2) is 16.2 Å². The standard InChI is InChI=1S/C17H13BrN2O2S/c1-10-5-6-13(14(21)7-10)19-17-20-16(22)15(23-17)9-11-3-2-4-12(18)8-11/h2-9,21H,1H3,(H,19,20,22)/b15-9-. The first kappa shape index (κ1) is 15.8. The van der Waals surface area contributed by atoms with E-state index in [2.05, 4.69) is 26.2 Å². The van der Waals surface area contributed by atoms with Crippen LogP contribution in [0.3, 0.4) is 0 Å². The maximum atomic E-state index is 12.0. The first-order valence-corrected chi connectivity index (χ1v) is 8.47. The van der Waals surface area contributed by atoms with Gasteiger partial charge in [-0.15, -0.1) is 0 Å². The number of nitrogens with one attached hydrogen (secondary N) is 1. The molecule has 1 saturated heterocycles. The predicted octanol–water partition coefficient (Wildman–Crippen LogP) is 4.35. The van der Waals surface area contributed by atoms with Gasteiger partial charge in [0.2, 0.25) is 0 Å². The minimum atomic E-state index is -0.194. The molecule has 0 spiro atoms. The van der Waals surface area contributed by atoms with Gasteiger partial charge in [0, 0.05) is 4.47 Å². The van der Waals surface area contributed by atoms with Crippen molar-refractivity contribution >= 4 is 50.5 Å². The van der Waals surface area contributed by atoms with Crippen molar-refractivity contribution in [3.8, 4) is 5.75 Å². The fourth-order valence-corrected chi connectivity index (χ4v) is 3.32. The van der Waals surface area contributed by atoms with Crippen molar-refractivity contribution in [1.29, 1.82) is 0 Å². The number of hydrogen-bond donors (Lipinski definition) is 2. The van der Waals surface area contributed by atoms with Gasteiger partial charge in [0.25, 0.3) is 5.91 Å². The minimum Gasteiger partial charge on any atom is -0.506 e. The highest BCUT2D eigenvalue weighted by molar-refractivity contribution is 9.10. The Hall–Kier alpha value is -2.05. The normalized spacial score (nSPS) is 17.7. The highest BCUT2D eigenvalue weighted by Crippen LogP contribution is 2.32. The lowest BCUT2D eigenvalue weighted by molar-refractivity contribution is -0.115. The van der Waals surface area contributed by atoms with Gasteiger partial charge in [-0.1, -0.05) is 34.1 Å². The Labute approximate surface area is 146 Å². The summed E-state index contributed by atoms with van der Waals surface area (Å²) in [5.74, 6) is -0.0999. The number of carbonyl (C=O) groups excluding carboxylic acids is 1. The second-order valence-electron chi connectivity index (χ2n) is 5.03. The lowest BCUT2D eigenvalue weighted by Gasteiger charge is -2.01. The van der Waals surface area contributed by atoms with Gasteiger partial charge in [-0.2, -0.15) is 0 Å². The van der Waals surface area contributed by atoms with Crippen LogP contribution in [0.15, 0.2) is 56.8 Å². The third kappa shape index (κ3) is 3.83. The largest absolute Gasteiger partial charge is 0.506 e. The summed E-state index contributed by atoms with van der Waals surface area (Å²) in [5, 5.41) is 13.1. The van der Waals surface area contributed by atoms with E-state index in [1.54, 1.807) is 12.1 Å². The van der Waals surface area contributed by atoms with Crippen LogP contribution in [0.1, 0.15) is 11.1 Å². The van der Waals surface area contributed by atoms with Crippen LogP contribution in [0, 0.1) is 6.92 Å². The molecule has 1 aliphatic heterocycles. The molecule has 2 aromatic rings. The van der Waals surface area contributed by atoms with Crippen LogP contribution in [-0.2, 0) is 4.79 Å². The number of carbonyl (C=O) groups is 1. The van der Waals surface area contributed by atoms with E-state index in [1.807, 2.05) is 43.3 Å². The van der Waals surface area contributed by atoms with Crippen LogP contribution in [0.25, 0.3) is 6.08 Å². The Morgan fingerprint density at radius 3 is 2.83 bits per heavy atom. The van der Waals surface area contributed by atoms with E-state index in [-0.39, 0.29) is 11.7 Å². The maximum absolute atomic E-state index is 12.0. The third-order valence-corrected chi connectivity index (χ3v) is 4.55. The summed E-state index contributed by atoms with van der Waals surface area (Å²) >= 11 is 4.66. The Morgan fingerprint density at radius 2 is 2.09 bits per heavy atom. The van der Waals surface area contributed by atoms with Gasteiger partial charge >= 0.3 is 0 Å². The molecular weight excluding hydrogens is 376 g/mol. The highest BCUT2D eigenvalue weighted by Gasteiger charge is 2.24. The molecule has 0 aliphatic carbocycles. The van der Waals surface area contributed by atoms with E-state index >= 15 is 0 Å². The van der Waals surface area contributed by atoms with E-state index in [0.29, 0.717) is 15.8 Å². The van der Waals surface area contributed by atoms with Gasteiger partial charge in [-0.3, -0.25) is 4.79 Å². The molecule has 6 heteroatoms. The summed E-state index contributed by atoms with van der Waals surface area (Å²) in [6, 6.07) is 12.9. The first-order chi connectivity index (χ1) is 11.0. The second kappa shape index (κ2) is 6.60. The lowest BCUT2D eigenvalue weighted by Crippen LogP contribution is -2.19. The average molecular weight is 389 g/mol. The number of thioether (sulfide) groups is 1. The molecule has 0 saturated carbocycles. The Bertz CT molecular complexity index is 846. The van der Waals surface area contributed by atoms with Gasteiger partial charge in [0.1, 0.15) is 11.4 Å². The quantitative estimate of drug-likeness (QED) is 0.751.